The molecule has 0 bridgehead atoms. The van der Waals surface area contributed by atoms with E-state index in [2.05, 4.69) is 4.98 Å². The highest BCUT2D eigenvalue weighted by Crippen LogP contribution is 2.31. The number of nitrogens with two attached hydrogens (primary N) is 1. The molecule has 0 aliphatic heterocycles. The average Bonchev–Trinajstić information content (AvgIpc) is 2.36. The summed E-state index contributed by atoms with van der Waals surface area (Å²) in [5.74, 6) is 0.329. The van der Waals surface area contributed by atoms with Crippen LogP contribution in [0.4, 0.5) is 18.9 Å². The number of hydrogen-bond donors (Lipinski definition) is 1. The molecule has 2 N–H and O–H groups in total. The number of alkyl halides is 3. The third-order valence-electron chi connectivity index (χ3n) is 2.37. The van der Waals surface area contributed by atoms with Crippen LogP contribution in [-0.2, 0) is 0 Å². The smallest absolute Gasteiger partial charge is 0.441 e. The summed E-state index contributed by atoms with van der Waals surface area (Å²) >= 11 is -0.104. The number of anilines is 1. The average molecular weight is 288 g/mol. The van der Waals surface area contributed by atoms with Gasteiger partial charge in [0.2, 0.25) is 0 Å². The third kappa shape index (κ3) is 3.66. The van der Waals surface area contributed by atoms with Crippen LogP contribution in [0, 0.1) is 0 Å². The lowest BCUT2D eigenvalue weighted by Crippen LogP contribution is -2.07. The number of aromatic nitrogens is 1. The Morgan fingerprint density at radius 1 is 1.26 bits per heavy atom. The molecular weight excluding hydrogens is 277 g/mol. The second-order valence-corrected chi connectivity index (χ2v) is 4.85. The van der Waals surface area contributed by atoms with Crippen LogP contribution in [-0.4, -0.2) is 22.9 Å². The molecule has 0 amide bonds. The molecule has 102 valence electrons. The number of nitrogen functional groups attached to an aromatic ring is 1. The number of pyridine rings is 1. The zero-order chi connectivity index (χ0) is 13.9. The molecule has 0 saturated carbocycles. The summed E-state index contributed by atoms with van der Waals surface area (Å²) in [6, 6.07) is 6.75. The van der Waals surface area contributed by atoms with Gasteiger partial charge >= 0.3 is 5.51 Å². The summed E-state index contributed by atoms with van der Waals surface area (Å²) in [5, 5.41) is 0.694. The van der Waals surface area contributed by atoms with Crippen molar-refractivity contribution in [3.63, 3.8) is 0 Å². The van der Waals surface area contributed by atoms with E-state index in [0.29, 0.717) is 22.3 Å². The number of hydrogen-bond acceptors (Lipinski definition) is 4. The predicted octanol–water partition coefficient (Wildman–Crippen LogP) is 3.45. The van der Waals surface area contributed by atoms with Crippen molar-refractivity contribution in [1.29, 1.82) is 0 Å². The van der Waals surface area contributed by atoms with Crippen molar-refractivity contribution >= 4 is 28.4 Å². The molecule has 0 saturated heterocycles. The topological polar surface area (TPSA) is 48.1 Å². The highest BCUT2D eigenvalue weighted by atomic mass is 32.2. The standard InChI is InChI=1S/C12H11F3N2OS/c13-12(14,15)19-7-6-18-10-4-3-9(16)11-8(10)2-1-5-17-11/h1-5H,6-7,16H2. The minimum absolute atomic E-state index is 0.0297. The predicted molar refractivity (Wildman–Crippen MR) is 70.2 cm³/mol. The lowest BCUT2D eigenvalue weighted by molar-refractivity contribution is -0.0329. The largest absolute Gasteiger partial charge is 0.492 e. The molecule has 0 spiro atoms. The van der Waals surface area contributed by atoms with Gasteiger partial charge in [-0.3, -0.25) is 4.98 Å². The first-order valence-electron chi connectivity index (χ1n) is 5.44. The van der Waals surface area contributed by atoms with E-state index >= 15 is 0 Å². The maximum absolute atomic E-state index is 12.0. The van der Waals surface area contributed by atoms with E-state index < -0.39 is 5.51 Å². The minimum Gasteiger partial charge on any atom is -0.492 e. The van der Waals surface area contributed by atoms with Gasteiger partial charge in [-0.1, -0.05) is 0 Å². The molecule has 2 aromatic rings. The number of fused-ring (bicyclic) bond motifs is 1. The molecule has 1 aromatic carbocycles. The Morgan fingerprint density at radius 2 is 2.05 bits per heavy atom. The zero-order valence-corrected chi connectivity index (χ0v) is 10.6. The second-order valence-electron chi connectivity index (χ2n) is 3.70. The van der Waals surface area contributed by atoms with E-state index in [1.54, 1.807) is 30.5 Å². The zero-order valence-electron chi connectivity index (χ0n) is 9.78. The van der Waals surface area contributed by atoms with E-state index in [4.69, 9.17) is 10.5 Å². The first-order valence-corrected chi connectivity index (χ1v) is 6.42. The maximum Gasteiger partial charge on any atom is 0.441 e. The van der Waals surface area contributed by atoms with Gasteiger partial charge in [0.15, 0.2) is 0 Å². The van der Waals surface area contributed by atoms with Crippen LogP contribution in [0.25, 0.3) is 10.9 Å². The molecule has 0 unspecified atom stereocenters. The monoisotopic (exact) mass is 288 g/mol. The molecule has 1 heterocycles. The minimum atomic E-state index is -4.23. The van der Waals surface area contributed by atoms with Crippen molar-refractivity contribution in [2.24, 2.45) is 0 Å². The van der Waals surface area contributed by atoms with Crippen molar-refractivity contribution in [2.75, 3.05) is 18.1 Å². The molecule has 19 heavy (non-hydrogen) atoms. The molecule has 1 aromatic heterocycles. The van der Waals surface area contributed by atoms with E-state index in [0.717, 1.165) is 0 Å². The molecule has 0 atom stereocenters. The lowest BCUT2D eigenvalue weighted by atomic mass is 10.2. The summed E-state index contributed by atoms with van der Waals surface area (Å²) in [4.78, 5) is 4.12. The van der Waals surface area contributed by atoms with Crippen LogP contribution in [0.5, 0.6) is 5.75 Å². The number of halogens is 3. The first-order chi connectivity index (χ1) is 8.97. The Bertz CT molecular complexity index is 574. The Kier molecular flexibility index (Phi) is 4.04. The van der Waals surface area contributed by atoms with Gasteiger partial charge in [-0.05, 0) is 36.0 Å². The van der Waals surface area contributed by atoms with Gasteiger partial charge in [0.1, 0.15) is 5.75 Å². The second kappa shape index (κ2) is 5.56. The SMILES string of the molecule is Nc1ccc(OCCSC(F)(F)F)c2cccnc12. The van der Waals surface area contributed by atoms with Crippen molar-refractivity contribution in [3.8, 4) is 5.75 Å². The molecular formula is C12H11F3N2OS. The fourth-order valence-electron chi connectivity index (χ4n) is 1.60. The quantitative estimate of drug-likeness (QED) is 0.691. The summed E-state index contributed by atoms with van der Waals surface area (Å²) in [7, 11) is 0. The summed E-state index contributed by atoms with van der Waals surface area (Å²) in [6.45, 7) is -0.0297. The van der Waals surface area contributed by atoms with E-state index in [-0.39, 0.29) is 24.1 Å². The van der Waals surface area contributed by atoms with Crippen LogP contribution in [0.3, 0.4) is 0 Å². The van der Waals surface area contributed by atoms with Crippen molar-refractivity contribution in [2.45, 2.75) is 5.51 Å². The fourth-order valence-corrected chi connectivity index (χ4v) is 2.00. The van der Waals surface area contributed by atoms with Gasteiger partial charge in [-0.15, -0.1) is 0 Å². The fraction of sp³-hybridized carbons (Fsp3) is 0.250. The molecule has 3 nitrogen and oxygen atoms in total. The Balaban J connectivity index is 2.07. The van der Waals surface area contributed by atoms with Gasteiger partial charge < -0.3 is 10.5 Å². The van der Waals surface area contributed by atoms with Crippen LogP contribution in [0.15, 0.2) is 30.5 Å². The molecule has 2 rings (SSSR count). The number of thioether (sulfide) groups is 1. The highest BCUT2D eigenvalue weighted by molar-refractivity contribution is 8.00. The van der Waals surface area contributed by atoms with Gasteiger partial charge in [0.05, 0.1) is 17.8 Å². The van der Waals surface area contributed by atoms with Crippen LogP contribution in [0.1, 0.15) is 0 Å². The summed E-state index contributed by atoms with van der Waals surface area (Å²) in [6.07, 6.45) is 1.60. The Morgan fingerprint density at radius 3 is 2.79 bits per heavy atom. The molecule has 0 aliphatic carbocycles. The first kappa shape index (κ1) is 13.8. The van der Waals surface area contributed by atoms with Gasteiger partial charge in [-0.25, -0.2) is 0 Å². The maximum atomic E-state index is 12.0. The number of benzene rings is 1. The van der Waals surface area contributed by atoms with E-state index in [1.807, 2.05) is 0 Å². The molecule has 0 radical (unpaired) electrons. The molecule has 7 heteroatoms. The Hall–Kier alpha value is -1.63. The number of nitrogens with zero attached hydrogens (tertiary/aromatic N) is 1. The summed E-state index contributed by atoms with van der Waals surface area (Å²) in [5.41, 5.74) is 2.63. The summed E-state index contributed by atoms with van der Waals surface area (Å²) < 4.78 is 41.3. The van der Waals surface area contributed by atoms with E-state index in [9.17, 15) is 13.2 Å². The van der Waals surface area contributed by atoms with Crippen molar-refractivity contribution < 1.29 is 17.9 Å². The van der Waals surface area contributed by atoms with Gasteiger partial charge in [0.25, 0.3) is 0 Å². The van der Waals surface area contributed by atoms with Gasteiger partial charge in [-0.2, -0.15) is 13.2 Å². The number of ether oxygens (including phenoxy) is 1. The van der Waals surface area contributed by atoms with Crippen LogP contribution >= 0.6 is 11.8 Å². The number of rotatable bonds is 4. The molecule has 0 fully saturated rings. The van der Waals surface area contributed by atoms with Crippen molar-refractivity contribution in [1.82, 2.24) is 4.98 Å². The van der Waals surface area contributed by atoms with E-state index in [1.165, 1.54) is 0 Å². The molecule has 0 aliphatic rings. The van der Waals surface area contributed by atoms with Crippen LogP contribution in [0.2, 0.25) is 0 Å². The Labute approximate surface area is 112 Å². The normalized spacial score (nSPS) is 11.7. The van der Waals surface area contributed by atoms with Crippen molar-refractivity contribution in [3.05, 3.63) is 30.5 Å². The van der Waals surface area contributed by atoms with Gasteiger partial charge in [0, 0.05) is 17.3 Å². The third-order valence-corrected chi connectivity index (χ3v) is 3.07. The van der Waals surface area contributed by atoms with Crippen LogP contribution < -0.4 is 10.5 Å². The highest BCUT2D eigenvalue weighted by Gasteiger charge is 2.27. The lowest BCUT2D eigenvalue weighted by Gasteiger charge is -2.10.